The molecule has 3 heterocycles. The van der Waals surface area contributed by atoms with Crippen molar-refractivity contribution in [3.8, 4) is 0 Å². The minimum atomic E-state index is -0.698. The number of aromatic amines is 1. The van der Waals surface area contributed by atoms with Crippen LogP contribution in [0.5, 0.6) is 0 Å². The van der Waals surface area contributed by atoms with Crippen LogP contribution in [0.15, 0.2) is 18.3 Å². The molecule has 2 aliphatic rings. The van der Waals surface area contributed by atoms with Crippen LogP contribution in [0.2, 0.25) is 0 Å². The van der Waals surface area contributed by atoms with Crippen LogP contribution in [-0.4, -0.2) is 56.1 Å². The first-order valence-corrected chi connectivity index (χ1v) is 11.1. The fourth-order valence-corrected chi connectivity index (χ4v) is 5.59. The van der Waals surface area contributed by atoms with E-state index in [1.165, 1.54) is 6.07 Å². The van der Waals surface area contributed by atoms with Gasteiger partial charge in [0.1, 0.15) is 17.0 Å². The third-order valence-corrected chi connectivity index (χ3v) is 7.95. The number of hydrogen-bond donors (Lipinski definition) is 3. The van der Waals surface area contributed by atoms with E-state index in [1.807, 2.05) is 13.1 Å². The summed E-state index contributed by atoms with van der Waals surface area (Å²) in [6.45, 7) is 6.75. The lowest BCUT2D eigenvalue weighted by Crippen LogP contribution is -2.42. The zero-order valence-corrected chi connectivity index (χ0v) is 18.3. The second-order valence-electron chi connectivity index (χ2n) is 9.73. The van der Waals surface area contributed by atoms with Gasteiger partial charge in [-0.25, -0.2) is 8.91 Å². The van der Waals surface area contributed by atoms with Crippen molar-refractivity contribution in [1.29, 1.82) is 0 Å². The number of aromatic nitrogens is 3. The number of piperidine rings is 1. The van der Waals surface area contributed by atoms with Gasteiger partial charge in [-0.3, -0.25) is 9.59 Å². The molecule has 170 valence electrons. The Kier molecular flexibility index (Phi) is 4.60. The molecule has 0 bridgehead atoms. The van der Waals surface area contributed by atoms with Crippen LogP contribution >= 0.6 is 0 Å². The molecule has 1 aliphatic heterocycles. The Balaban J connectivity index is 1.39. The van der Waals surface area contributed by atoms with Crippen molar-refractivity contribution < 1.29 is 19.1 Å². The number of aliphatic carboxylic acids is 1. The van der Waals surface area contributed by atoms with E-state index in [1.54, 1.807) is 4.52 Å². The fourth-order valence-electron chi connectivity index (χ4n) is 5.59. The van der Waals surface area contributed by atoms with Gasteiger partial charge in [-0.15, -0.1) is 0 Å². The Hall–Kier alpha value is -2.94. The Morgan fingerprint density at radius 2 is 2.06 bits per heavy atom. The van der Waals surface area contributed by atoms with Gasteiger partial charge < -0.3 is 20.7 Å². The predicted octanol–water partition coefficient (Wildman–Crippen LogP) is 2.91. The largest absolute Gasteiger partial charge is 0.481 e. The van der Waals surface area contributed by atoms with Gasteiger partial charge in [0.05, 0.1) is 22.7 Å². The number of benzene rings is 1. The highest BCUT2D eigenvalue weighted by atomic mass is 19.1. The molecule has 0 radical (unpaired) electrons. The van der Waals surface area contributed by atoms with Gasteiger partial charge in [0, 0.05) is 17.5 Å². The van der Waals surface area contributed by atoms with E-state index in [2.05, 4.69) is 21.9 Å². The molecule has 0 spiro atoms. The van der Waals surface area contributed by atoms with E-state index in [0.29, 0.717) is 17.5 Å². The predicted molar refractivity (Wildman–Crippen MR) is 117 cm³/mol. The number of fused-ring (bicyclic) bond motifs is 3. The van der Waals surface area contributed by atoms with Crippen LogP contribution < -0.4 is 5.73 Å². The average Bonchev–Trinajstić information content (AvgIpc) is 3.11. The monoisotopic (exact) mass is 441 g/mol. The number of H-pyrrole nitrogens is 1. The van der Waals surface area contributed by atoms with E-state index >= 15 is 0 Å². The normalized spacial score (nSPS) is 25.4. The first kappa shape index (κ1) is 20.9. The molecule has 9 heteroatoms. The van der Waals surface area contributed by atoms with Gasteiger partial charge in [-0.05, 0) is 56.8 Å². The second kappa shape index (κ2) is 7.03. The molecule has 1 saturated heterocycles. The van der Waals surface area contributed by atoms with Gasteiger partial charge in [0.15, 0.2) is 0 Å². The molecule has 32 heavy (non-hydrogen) atoms. The van der Waals surface area contributed by atoms with Crippen molar-refractivity contribution in [1.82, 2.24) is 19.5 Å². The van der Waals surface area contributed by atoms with E-state index in [9.17, 15) is 19.1 Å². The van der Waals surface area contributed by atoms with Gasteiger partial charge in [-0.1, -0.05) is 13.8 Å². The number of likely N-dealkylation sites (tertiary alicyclic amines) is 1. The van der Waals surface area contributed by atoms with Gasteiger partial charge in [0.2, 0.25) is 0 Å². The van der Waals surface area contributed by atoms with Gasteiger partial charge in [-0.2, -0.15) is 5.10 Å². The maximum atomic E-state index is 14.0. The van der Waals surface area contributed by atoms with E-state index < -0.39 is 23.1 Å². The number of nitrogens with zero attached hydrogens (tertiary/aromatic N) is 3. The molecule has 1 amide bonds. The third kappa shape index (κ3) is 3.02. The molecule has 1 aliphatic carbocycles. The van der Waals surface area contributed by atoms with Crippen molar-refractivity contribution in [2.45, 2.75) is 44.9 Å². The molecular weight excluding hydrogens is 413 g/mol. The maximum absolute atomic E-state index is 14.0. The van der Waals surface area contributed by atoms with Crippen molar-refractivity contribution in [3.05, 3.63) is 35.3 Å². The molecule has 2 unspecified atom stereocenters. The van der Waals surface area contributed by atoms with E-state index in [4.69, 9.17) is 5.73 Å². The Labute approximate surface area is 184 Å². The summed E-state index contributed by atoms with van der Waals surface area (Å²) in [5, 5.41) is 14.1. The number of imidazole rings is 1. The Bertz CT molecular complexity index is 1240. The summed E-state index contributed by atoms with van der Waals surface area (Å²) in [6.07, 6.45) is 5.08. The molecule has 5 rings (SSSR count). The standard InChI is InChI=1S/C23H28FN5O3/c1-3-23(21(31)32)10-13(23)12-28-6-4-22(2,5-7-28)16-11-26-29-18-15(19(25)30)8-14(24)9-17(18)27-20(16)29/h8-9,11,13,27H,3-7,10,12H2,1-2H3,(H2,25,30)(H,31,32). The number of primary amides is 1. The second-order valence-corrected chi connectivity index (χ2v) is 9.73. The van der Waals surface area contributed by atoms with Crippen LogP contribution in [0.3, 0.4) is 0 Å². The fraction of sp³-hybridized carbons (Fsp3) is 0.522. The first-order valence-electron chi connectivity index (χ1n) is 11.1. The third-order valence-electron chi connectivity index (χ3n) is 7.95. The SMILES string of the molecule is CCC1(C(=O)O)CC1CN1CCC(C)(c2cnn3c2[nH]c2cc(F)cc(C(N)=O)c23)CC1. The summed E-state index contributed by atoms with van der Waals surface area (Å²) in [4.78, 5) is 29.1. The van der Waals surface area contributed by atoms with Crippen LogP contribution in [0.25, 0.3) is 16.7 Å². The van der Waals surface area contributed by atoms with Crippen LogP contribution in [0, 0.1) is 17.2 Å². The quantitative estimate of drug-likeness (QED) is 0.544. The number of hydrogen-bond acceptors (Lipinski definition) is 4. The molecule has 1 aromatic carbocycles. The van der Waals surface area contributed by atoms with E-state index in [0.717, 1.165) is 56.2 Å². The number of carboxylic acids is 1. The van der Waals surface area contributed by atoms with Crippen LogP contribution in [0.4, 0.5) is 4.39 Å². The molecule has 3 aromatic rings. The smallest absolute Gasteiger partial charge is 0.309 e. The van der Waals surface area contributed by atoms with Gasteiger partial charge >= 0.3 is 5.97 Å². The lowest BCUT2D eigenvalue weighted by Gasteiger charge is -2.39. The van der Waals surface area contributed by atoms with Crippen molar-refractivity contribution in [3.63, 3.8) is 0 Å². The maximum Gasteiger partial charge on any atom is 0.309 e. The number of amides is 1. The summed E-state index contributed by atoms with van der Waals surface area (Å²) in [6, 6.07) is 2.49. The molecule has 2 atom stereocenters. The molecule has 4 N–H and O–H groups in total. The van der Waals surface area contributed by atoms with Crippen molar-refractivity contribution in [2.75, 3.05) is 19.6 Å². The zero-order valence-electron chi connectivity index (χ0n) is 18.3. The summed E-state index contributed by atoms with van der Waals surface area (Å²) in [5.41, 5.74) is 7.67. The number of carboxylic acid groups (broad SMARTS) is 1. The number of nitrogens with two attached hydrogens (primary N) is 1. The summed E-state index contributed by atoms with van der Waals surface area (Å²) in [7, 11) is 0. The summed E-state index contributed by atoms with van der Waals surface area (Å²) >= 11 is 0. The first-order chi connectivity index (χ1) is 15.2. The number of carbonyl (C=O) groups excluding carboxylic acids is 1. The summed E-state index contributed by atoms with van der Waals surface area (Å²) in [5.74, 6) is -1.66. The highest BCUT2D eigenvalue weighted by Crippen LogP contribution is 2.56. The molecule has 8 nitrogen and oxygen atoms in total. The van der Waals surface area contributed by atoms with Crippen molar-refractivity contribution >= 4 is 28.6 Å². The zero-order chi connectivity index (χ0) is 22.8. The number of halogens is 1. The minimum Gasteiger partial charge on any atom is -0.481 e. The van der Waals surface area contributed by atoms with Gasteiger partial charge in [0.25, 0.3) is 5.91 Å². The molecular formula is C23H28FN5O3. The topological polar surface area (TPSA) is 117 Å². The van der Waals surface area contributed by atoms with Crippen molar-refractivity contribution in [2.24, 2.45) is 17.1 Å². The Morgan fingerprint density at radius 3 is 2.66 bits per heavy atom. The van der Waals surface area contributed by atoms with E-state index in [-0.39, 0.29) is 16.9 Å². The number of carbonyl (C=O) groups is 2. The highest BCUT2D eigenvalue weighted by Gasteiger charge is 2.59. The number of nitrogens with one attached hydrogen (secondary N) is 1. The average molecular weight is 442 g/mol. The molecule has 2 aromatic heterocycles. The molecule has 1 saturated carbocycles. The summed E-state index contributed by atoms with van der Waals surface area (Å²) < 4.78 is 15.7. The molecule has 2 fully saturated rings. The van der Waals surface area contributed by atoms with Crippen LogP contribution in [0.1, 0.15) is 55.5 Å². The van der Waals surface area contributed by atoms with Crippen LogP contribution in [-0.2, 0) is 10.2 Å². The lowest BCUT2D eigenvalue weighted by molar-refractivity contribution is -0.144. The minimum absolute atomic E-state index is 0.100. The lowest BCUT2D eigenvalue weighted by atomic mass is 9.75. The number of rotatable bonds is 6. The highest BCUT2D eigenvalue weighted by molar-refractivity contribution is 6.05. The Morgan fingerprint density at radius 1 is 1.34 bits per heavy atom.